The summed E-state index contributed by atoms with van der Waals surface area (Å²) >= 11 is 0. The van der Waals surface area contributed by atoms with Crippen LogP contribution in [-0.2, 0) is 27.9 Å². The molecule has 2 unspecified atom stereocenters. The van der Waals surface area contributed by atoms with Gasteiger partial charge in [-0.15, -0.1) is 0 Å². The van der Waals surface area contributed by atoms with Gasteiger partial charge in [-0.2, -0.15) is 0 Å². The second-order valence-corrected chi connectivity index (χ2v) is 20.0. The lowest BCUT2D eigenvalue weighted by atomic mass is 10.0. The lowest BCUT2D eigenvalue weighted by molar-refractivity contribution is -0.870. The second-order valence-electron chi connectivity index (χ2n) is 18.5. The topological polar surface area (TPSA) is 91.3 Å². The Kier molecular flexibility index (Phi) is 45.4. The molecule has 0 aromatic heterocycles. The number of hydrogen-bond acceptors (Lipinski definition) is 6. The van der Waals surface area contributed by atoms with Crippen LogP contribution < -0.4 is 0 Å². The minimum Gasteiger partial charge on any atom is -0.457 e. The quantitative estimate of drug-likeness (QED) is 0.0214. The summed E-state index contributed by atoms with van der Waals surface area (Å²) in [6.07, 6.45) is 59.8. The van der Waals surface area contributed by atoms with Gasteiger partial charge in [0.05, 0.1) is 34.4 Å². The molecule has 368 valence electrons. The van der Waals surface area contributed by atoms with Crippen LogP contribution in [0.1, 0.15) is 219 Å². The molecule has 0 saturated heterocycles. The van der Waals surface area contributed by atoms with E-state index in [9.17, 15) is 14.3 Å². The summed E-state index contributed by atoms with van der Waals surface area (Å²) in [6, 6.07) is 0. The number of carbonyl (C=O) groups is 1. The van der Waals surface area contributed by atoms with Crippen LogP contribution in [0, 0.1) is 0 Å². The van der Waals surface area contributed by atoms with Crippen molar-refractivity contribution in [2.24, 2.45) is 0 Å². The largest absolute Gasteiger partial charge is 0.472 e. The Hall–Kier alpha value is -1.80. The van der Waals surface area contributed by atoms with Crippen molar-refractivity contribution in [1.29, 1.82) is 0 Å². The molecule has 2 atom stereocenters. The number of nitrogens with zero attached hydrogens (tertiary/aromatic N) is 1. The zero-order valence-electron chi connectivity index (χ0n) is 41.8. The first-order valence-electron chi connectivity index (χ1n) is 26.0. The van der Waals surface area contributed by atoms with Gasteiger partial charge >= 0.3 is 13.8 Å². The maximum Gasteiger partial charge on any atom is 0.472 e. The van der Waals surface area contributed by atoms with Crippen LogP contribution in [0.5, 0.6) is 0 Å². The van der Waals surface area contributed by atoms with Crippen molar-refractivity contribution < 1.29 is 37.3 Å². The lowest BCUT2D eigenvalue weighted by Crippen LogP contribution is -2.37. The highest BCUT2D eigenvalue weighted by atomic mass is 31.2. The zero-order chi connectivity index (χ0) is 46.2. The van der Waals surface area contributed by atoms with Gasteiger partial charge < -0.3 is 18.9 Å². The van der Waals surface area contributed by atoms with Crippen molar-refractivity contribution in [1.82, 2.24) is 0 Å². The Morgan fingerprint density at radius 1 is 0.508 bits per heavy atom. The monoisotopic (exact) mass is 907 g/mol. The summed E-state index contributed by atoms with van der Waals surface area (Å²) < 4.78 is 35.2. The number of hydrogen-bond donors (Lipinski definition) is 1. The average Bonchev–Trinajstić information content (AvgIpc) is 3.24. The van der Waals surface area contributed by atoms with Crippen molar-refractivity contribution in [3.8, 4) is 0 Å². The number of phosphoric acid groups is 1. The maximum atomic E-state index is 12.8. The molecule has 1 N–H and O–H groups in total. The fourth-order valence-corrected chi connectivity index (χ4v) is 7.85. The van der Waals surface area contributed by atoms with Crippen LogP contribution in [-0.4, -0.2) is 75.6 Å². The highest BCUT2D eigenvalue weighted by molar-refractivity contribution is 7.47. The molecule has 9 heteroatoms. The molecule has 0 radical (unpaired) electrons. The molecule has 0 fully saturated rings. The molecular formula is C54H101NO7P+. The molecule has 0 aliphatic carbocycles. The van der Waals surface area contributed by atoms with Gasteiger partial charge in [0.1, 0.15) is 19.3 Å². The third-order valence-corrected chi connectivity index (χ3v) is 12.1. The Bertz CT molecular complexity index is 1190. The van der Waals surface area contributed by atoms with Gasteiger partial charge in [-0.3, -0.25) is 13.8 Å². The van der Waals surface area contributed by atoms with Crippen molar-refractivity contribution in [2.75, 3.05) is 54.1 Å². The third kappa shape index (κ3) is 51.1. The Morgan fingerprint density at radius 3 is 1.38 bits per heavy atom. The van der Waals surface area contributed by atoms with Gasteiger partial charge in [0.2, 0.25) is 0 Å². The van der Waals surface area contributed by atoms with E-state index >= 15 is 0 Å². The molecule has 0 aromatic carbocycles. The molecule has 0 saturated carbocycles. The van der Waals surface area contributed by atoms with E-state index in [1.54, 1.807) is 0 Å². The van der Waals surface area contributed by atoms with E-state index in [0.717, 1.165) is 70.6 Å². The Labute approximate surface area is 390 Å². The number of esters is 1. The zero-order valence-corrected chi connectivity index (χ0v) is 42.7. The van der Waals surface area contributed by atoms with Crippen LogP contribution in [0.2, 0.25) is 0 Å². The fourth-order valence-electron chi connectivity index (χ4n) is 7.11. The van der Waals surface area contributed by atoms with Crippen molar-refractivity contribution >= 4 is 13.8 Å². The summed E-state index contributed by atoms with van der Waals surface area (Å²) in [5.74, 6) is -0.315. The second kappa shape index (κ2) is 46.7. The van der Waals surface area contributed by atoms with Gasteiger partial charge in [0, 0.05) is 13.0 Å². The van der Waals surface area contributed by atoms with E-state index < -0.39 is 13.9 Å². The molecule has 0 spiro atoms. The van der Waals surface area contributed by atoms with E-state index in [0.29, 0.717) is 24.1 Å². The summed E-state index contributed by atoms with van der Waals surface area (Å²) in [4.78, 5) is 23.0. The van der Waals surface area contributed by atoms with Crippen LogP contribution in [0.4, 0.5) is 0 Å². The van der Waals surface area contributed by atoms with E-state index in [2.05, 4.69) is 74.6 Å². The molecule has 0 aliphatic heterocycles. The molecule has 8 nitrogen and oxygen atoms in total. The number of phosphoric ester groups is 1. The van der Waals surface area contributed by atoms with Gasteiger partial charge in [-0.1, -0.05) is 216 Å². The smallest absolute Gasteiger partial charge is 0.457 e. The number of quaternary nitrogens is 1. The number of allylic oxidation sites excluding steroid dienone is 10. The summed E-state index contributed by atoms with van der Waals surface area (Å²) in [5.41, 5.74) is 0. The first-order valence-corrected chi connectivity index (χ1v) is 27.5. The summed E-state index contributed by atoms with van der Waals surface area (Å²) in [7, 11) is 1.66. The van der Waals surface area contributed by atoms with Gasteiger partial charge in [0.25, 0.3) is 0 Å². The van der Waals surface area contributed by atoms with Crippen molar-refractivity contribution in [3.63, 3.8) is 0 Å². The SMILES string of the molecule is CC/C=C\C/C=C\C/C=C\C/C=C\C/C=C\CCCCCCCCCCOCC(COP(=O)(O)OCC[N+](C)(C)C)OC(=O)CCCCCCCCCCCCCCCCCCC. The molecule has 0 aromatic rings. The van der Waals surface area contributed by atoms with E-state index in [-0.39, 0.29) is 25.8 Å². The van der Waals surface area contributed by atoms with Crippen LogP contribution >= 0.6 is 7.82 Å². The first-order chi connectivity index (χ1) is 30.6. The van der Waals surface area contributed by atoms with Gasteiger partial charge in [-0.25, -0.2) is 4.57 Å². The first kappa shape index (κ1) is 61.2. The predicted octanol–water partition coefficient (Wildman–Crippen LogP) is 16.1. The average molecular weight is 907 g/mol. The summed E-state index contributed by atoms with van der Waals surface area (Å²) in [5, 5.41) is 0. The lowest BCUT2D eigenvalue weighted by Gasteiger charge is -2.24. The van der Waals surface area contributed by atoms with E-state index in [4.69, 9.17) is 18.5 Å². The molecule has 0 amide bonds. The standard InChI is InChI=1S/C54H100NO7P/c1-6-8-10-12-14-16-18-20-22-24-25-26-27-28-29-30-32-34-36-38-40-42-44-46-49-59-51-53(52-61-63(57,58)60-50-48-55(3,4)5)62-54(56)47-45-43-41-39-37-35-33-31-23-21-19-17-15-13-11-9-7-2/h8,10,14,16,20,22,25-26,28-29,53H,6-7,9,11-13,15,17-19,21,23-24,27,30-52H2,1-5H3/p+1/b10-8-,16-14-,22-20-,26-25-,29-28-. The molecule has 0 bridgehead atoms. The minimum atomic E-state index is -4.28. The van der Waals surface area contributed by atoms with E-state index in [1.165, 1.54) is 128 Å². The van der Waals surface area contributed by atoms with Gasteiger partial charge in [0.15, 0.2) is 0 Å². The number of ether oxygens (including phenoxy) is 2. The molecule has 0 aliphatic rings. The molecular weight excluding hydrogens is 806 g/mol. The number of carbonyl (C=O) groups excluding carboxylic acids is 1. The highest BCUT2D eigenvalue weighted by Crippen LogP contribution is 2.43. The molecule has 0 heterocycles. The third-order valence-electron chi connectivity index (χ3n) is 11.1. The fraction of sp³-hybridized carbons (Fsp3) is 0.796. The van der Waals surface area contributed by atoms with Crippen molar-refractivity contribution in [3.05, 3.63) is 60.8 Å². The molecule has 0 rings (SSSR count). The van der Waals surface area contributed by atoms with E-state index in [1.807, 2.05) is 21.1 Å². The normalized spacial score (nSPS) is 14.1. The number of unbranched alkanes of at least 4 members (excludes halogenated alkanes) is 24. The number of likely N-dealkylation sites (N-methyl/N-ethyl adjacent to an activating group) is 1. The van der Waals surface area contributed by atoms with Crippen LogP contribution in [0.25, 0.3) is 0 Å². The Balaban J connectivity index is 4.14. The highest BCUT2D eigenvalue weighted by Gasteiger charge is 2.26. The predicted molar refractivity (Wildman–Crippen MR) is 270 cm³/mol. The Morgan fingerprint density at radius 2 is 0.921 bits per heavy atom. The summed E-state index contributed by atoms with van der Waals surface area (Å²) in [6.45, 7) is 5.51. The minimum absolute atomic E-state index is 0.0860. The number of rotatable bonds is 48. The molecule has 63 heavy (non-hydrogen) atoms. The van der Waals surface area contributed by atoms with Gasteiger partial charge in [-0.05, 0) is 57.8 Å². The van der Waals surface area contributed by atoms with Crippen molar-refractivity contribution in [2.45, 2.75) is 225 Å². The van der Waals surface area contributed by atoms with Crippen LogP contribution in [0.15, 0.2) is 60.8 Å². The maximum absolute atomic E-state index is 12.8. The van der Waals surface area contributed by atoms with Crippen LogP contribution in [0.3, 0.4) is 0 Å².